The number of hydrogen-bond acceptors (Lipinski definition) is 2. The molecule has 1 heterocycles. The molecule has 1 fully saturated rings. The van der Waals surface area contributed by atoms with Crippen molar-refractivity contribution in [3.63, 3.8) is 0 Å². The molecular weight excluding hydrogens is 190 g/mol. The summed E-state index contributed by atoms with van der Waals surface area (Å²) >= 11 is 0. The second-order valence-corrected chi connectivity index (χ2v) is 3.85. The molecule has 1 saturated heterocycles. The van der Waals surface area contributed by atoms with Crippen molar-refractivity contribution in [3.8, 4) is 0 Å². The number of aliphatic carboxylic acids is 1. The molecule has 0 aromatic carbocycles. The SMILES string of the molecule is CC(C)[C@@H]1CNCC[C@@H]1C(=O)O.Cl. The Morgan fingerprint density at radius 3 is 2.54 bits per heavy atom. The summed E-state index contributed by atoms with van der Waals surface area (Å²) in [6.07, 6.45) is 0.776. The standard InChI is InChI=1S/C9H17NO2.ClH/c1-6(2)8-5-10-4-3-7(8)9(11)12;/h6-8,10H,3-5H2,1-2H3,(H,11,12);1H/t7-,8-;/m0./s1. The normalized spacial score (nSPS) is 28.2. The molecular formula is C9H18ClNO2. The highest BCUT2D eigenvalue weighted by Crippen LogP contribution is 2.25. The summed E-state index contributed by atoms with van der Waals surface area (Å²) in [5.74, 6) is -0.00315. The van der Waals surface area contributed by atoms with Gasteiger partial charge in [0.1, 0.15) is 0 Å². The van der Waals surface area contributed by atoms with Crippen LogP contribution in [0.25, 0.3) is 0 Å². The maximum Gasteiger partial charge on any atom is 0.306 e. The molecule has 13 heavy (non-hydrogen) atoms. The number of rotatable bonds is 2. The number of carbonyl (C=O) groups is 1. The van der Waals surface area contributed by atoms with Crippen LogP contribution in [0.4, 0.5) is 0 Å². The van der Waals surface area contributed by atoms with Crippen molar-refractivity contribution in [1.29, 1.82) is 0 Å². The van der Waals surface area contributed by atoms with E-state index in [-0.39, 0.29) is 18.3 Å². The second-order valence-electron chi connectivity index (χ2n) is 3.85. The predicted molar refractivity (Wildman–Crippen MR) is 54.2 cm³/mol. The van der Waals surface area contributed by atoms with Crippen molar-refractivity contribution in [1.82, 2.24) is 5.32 Å². The van der Waals surface area contributed by atoms with Crippen LogP contribution in [0.3, 0.4) is 0 Å². The number of nitrogens with one attached hydrogen (secondary N) is 1. The number of halogens is 1. The number of carboxylic acid groups (broad SMARTS) is 1. The number of carboxylic acids is 1. The molecule has 0 aromatic heterocycles. The number of piperidine rings is 1. The minimum Gasteiger partial charge on any atom is -0.481 e. The van der Waals surface area contributed by atoms with E-state index in [4.69, 9.17) is 5.11 Å². The Morgan fingerprint density at radius 1 is 1.54 bits per heavy atom. The zero-order valence-corrected chi connectivity index (χ0v) is 8.93. The molecule has 78 valence electrons. The lowest BCUT2D eigenvalue weighted by atomic mass is 9.79. The molecule has 3 nitrogen and oxygen atoms in total. The first-order valence-electron chi connectivity index (χ1n) is 4.56. The average Bonchev–Trinajstić information content (AvgIpc) is 2.04. The summed E-state index contributed by atoms with van der Waals surface area (Å²) < 4.78 is 0. The highest BCUT2D eigenvalue weighted by Gasteiger charge is 2.32. The van der Waals surface area contributed by atoms with E-state index in [9.17, 15) is 4.79 Å². The highest BCUT2D eigenvalue weighted by molar-refractivity contribution is 5.85. The average molecular weight is 208 g/mol. The van der Waals surface area contributed by atoms with Crippen LogP contribution < -0.4 is 5.32 Å². The van der Waals surface area contributed by atoms with Gasteiger partial charge in [0.15, 0.2) is 0 Å². The van der Waals surface area contributed by atoms with Crippen molar-refractivity contribution < 1.29 is 9.90 Å². The lowest BCUT2D eigenvalue weighted by molar-refractivity contribution is -0.145. The van der Waals surface area contributed by atoms with E-state index < -0.39 is 5.97 Å². The molecule has 0 saturated carbocycles. The van der Waals surface area contributed by atoms with Gasteiger partial charge in [-0.2, -0.15) is 0 Å². The highest BCUT2D eigenvalue weighted by atomic mass is 35.5. The molecule has 0 aromatic rings. The fourth-order valence-corrected chi connectivity index (χ4v) is 1.89. The minimum atomic E-state index is -0.629. The molecule has 0 spiro atoms. The van der Waals surface area contributed by atoms with Crippen LogP contribution in [0.5, 0.6) is 0 Å². The third-order valence-electron chi connectivity index (χ3n) is 2.70. The molecule has 0 aliphatic carbocycles. The van der Waals surface area contributed by atoms with Crippen molar-refractivity contribution in [2.45, 2.75) is 20.3 Å². The van der Waals surface area contributed by atoms with Gasteiger partial charge in [-0.3, -0.25) is 4.79 Å². The molecule has 0 unspecified atom stereocenters. The Morgan fingerprint density at radius 2 is 2.15 bits per heavy atom. The topological polar surface area (TPSA) is 49.3 Å². The van der Waals surface area contributed by atoms with Crippen molar-refractivity contribution in [3.05, 3.63) is 0 Å². The van der Waals surface area contributed by atoms with Crippen LogP contribution in [-0.2, 0) is 4.79 Å². The molecule has 2 N–H and O–H groups in total. The first-order chi connectivity index (χ1) is 5.63. The maximum atomic E-state index is 10.8. The van der Waals surface area contributed by atoms with Crippen molar-refractivity contribution in [2.24, 2.45) is 17.8 Å². The Hall–Kier alpha value is -0.280. The van der Waals surface area contributed by atoms with Crippen LogP contribution in [0.2, 0.25) is 0 Å². The van der Waals surface area contributed by atoms with Crippen LogP contribution >= 0.6 is 12.4 Å². The quantitative estimate of drug-likeness (QED) is 0.719. The van der Waals surface area contributed by atoms with Gasteiger partial charge in [-0.1, -0.05) is 13.8 Å². The van der Waals surface area contributed by atoms with Gasteiger partial charge < -0.3 is 10.4 Å². The van der Waals surface area contributed by atoms with E-state index in [1.165, 1.54) is 0 Å². The molecule has 0 amide bonds. The molecule has 2 atom stereocenters. The molecule has 1 rings (SSSR count). The van der Waals surface area contributed by atoms with E-state index in [1.54, 1.807) is 0 Å². The largest absolute Gasteiger partial charge is 0.481 e. The monoisotopic (exact) mass is 207 g/mol. The van der Waals surface area contributed by atoms with Gasteiger partial charge in [0, 0.05) is 0 Å². The van der Waals surface area contributed by atoms with E-state index in [0.717, 1.165) is 19.5 Å². The van der Waals surface area contributed by atoms with Crippen LogP contribution in [0, 0.1) is 17.8 Å². The predicted octanol–water partition coefficient (Wildman–Crippen LogP) is 1.37. The van der Waals surface area contributed by atoms with E-state index in [0.29, 0.717) is 11.8 Å². The maximum absolute atomic E-state index is 10.8. The lowest BCUT2D eigenvalue weighted by Gasteiger charge is -2.31. The second kappa shape index (κ2) is 5.45. The van der Waals surface area contributed by atoms with Crippen molar-refractivity contribution >= 4 is 18.4 Å². The minimum absolute atomic E-state index is 0. The lowest BCUT2D eigenvalue weighted by Crippen LogP contribution is -2.42. The van der Waals surface area contributed by atoms with E-state index >= 15 is 0 Å². The zero-order chi connectivity index (χ0) is 9.14. The summed E-state index contributed by atoms with van der Waals surface area (Å²) in [4.78, 5) is 10.8. The Bertz CT molecular complexity index is 173. The molecule has 4 heteroatoms. The van der Waals surface area contributed by atoms with E-state index in [1.807, 2.05) is 0 Å². The van der Waals surface area contributed by atoms with Gasteiger partial charge in [0.05, 0.1) is 5.92 Å². The molecule has 0 bridgehead atoms. The summed E-state index contributed by atoms with van der Waals surface area (Å²) in [7, 11) is 0. The third-order valence-corrected chi connectivity index (χ3v) is 2.70. The van der Waals surface area contributed by atoms with Gasteiger partial charge in [-0.25, -0.2) is 0 Å². The van der Waals surface area contributed by atoms with Gasteiger partial charge in [0.2, 0.25) is 0 Å². The summed E-state index contributed by atoms with van der Waals surface area (Å²) in [6, 6.07) is 0. The Balaban J connectivity index is 0.00000144. The van der Waals surface area contributed by atoms with Gasteiger partial charge in [-0.05, 0) is 31.3 Å². The smallest absolute Gasteiger partial charge is 0.306 e. The first-order valence-corrected chi connectivity index (χ1v) is 4.56. The Labute approximate surface area is 85.3 Å². The number of hydrogen-bond donors (Lipinski definition) is 2. The molecule has 0 radical (unpaired) electrons. The van der Waals surface area contributed by atoms with Crippen molar-refractivity contribution in [2.75, 3.05) is 13.1 Å². The molecule has 1 aliphatic heterocycles. The zero-order valence-electron chi connectivity index (χ0n) is 8.12. The Kier molecular flexibility index (Phi) is 5.33. The van der Waals surface area contributed by atoms with Crippen LogP contribution in [-0.4, -0.2) is 24.2 Å². The van der Waals surface area contributed by atoms with Gasteiger partial charge in [-0.15, -0.1) is 12.4 Å². The van der Waals surface area contributed by atoms with E-state index in [2.05, 4.69) is 19.2 Å². The van der Waals surface area contributed by atoms with Gasteiger partial charge in [0.25, 0.3) is 0 Å². The fraction of sp³-hybridized carbons (Fsp3) is 0.889. The van der Waals surface area contributed by atoms with Gasteiger partial charge >= 0.3 is 5.97 Å². The fourth-order valence-electron chi connectivity index (χ4n) is 1.89. The van der Waals surface area contributed by atoms with Crippen LogP contribution in [0.1, 0.15) is 20.3 Å². The molecule has 1 aliphatic rings. The van der Waals surface area contributed by atoms with Crippen LogP contribution in [0.15, 0.2) is 0 Å². The third kappa shape index (κ3) is 3.16. The summed E-state index contributed by atoms with van der Waals surface area (Å²) in [5.41, 5.74) is 0. The summed E-state index contributed by atoms with van der Waals surface area (Å²) in [6.45, 7) is 5.88. The first kappa shape index (κ1) is 12.7. The summed E-state index contributed by atoms with van der Waals surface area (Å²) in [5, 5.41) is 12.2.